The van der Waals surface area contributed by atoms with E-state index in [2.05, 4.69) is 10.0 Å². The summed E-state index contributed by atoms with van der Waals surface area (Å²) in [5.41, 5.74) is 0. The van der Waals surface area contributed by atoms with Gasteiger partial charge in [-0.1, -0.05) is 12.8 Å². The second-order valence-corrected chi connectivity index (χ2v) is 6.39. The van der Waals surface area contributed by atoms with E-state index < -0.39 is 10.2 Å². The molecular formula is C10H21N3O2S. The van der Waals surface area contributed by atoms with Gasteiger partial charge >= 0.3 is 0 Å². The lowest BCUT2D eigenvalue weighted by Gasteiger charge is -2.26. The fourth-order valence-electron chi connectivity index (χ4n) is 1.97. The Balaban J connectivity index is 1.68. The first-order chi connectivity index (χ1) is 7.68. The maximum absolute atomic E-state index is 11.8. The van der Waals surface area contributed by atoms with Crippen LogP contribution < -0.4 is 10.0 Å². The van der Waals surface area contributed by atoms with Crippen molar-refractivity contribution in [3.05, 3.63) is 0 Å². The van der Waals surface area contributed by atoms with Crippen LogP contribution in [0.25, 0.3) is 0 Å². The third-order valence-corrected chi connectivity index (χ3v) is 4.80. The van der Waals surface area contributed by atoms with Gasteiger partial charge in [0.05, 0.1) is 0 Å². The highest BCUT2D eigenvalue weighted by Crippen LogP contribution is 2.33. The summed E-state index contributed by atoms with van der Waals surface area (Å²) in [6.07, 6.45) is 4.81. The second kappa shape index (κ2) is 5.44. The molecule has 1 saturated heterocycles. The Morgan fingerprint density at radius 2 is 1.94 bits per heavy atom. The van der Waals surface area contributed by atoms with E-state index >= 15 is 0 Å². The van der Waals surface area contributed by atoms with Crippen LogP contribution in [0.4, 0.5) is 0 Å². The van der Waals surface area contributed by atoms with Crippen LogP contribution in [0.3, 0.4) is 0 Å². The summed E-state index contributed by atoms with van der Waals surface area (Å²) in [4.78, 5) is 0. The average Bonchev–Trinajstić information content (AvgIpc) is 3.10. The molecule has 1 aliphatic carbocycles. The first-order valence-corrected chi connectivity index (χ1v) is 7.58. The third kappa shape index (κ3) is 3.69. The molecule has 0 aromatic heterocycles. The summed E-state index contributed by atoms with van der Waals surface area (Å²) in [6, 6.07) is 0. The number of nitrogens with zero attached hydrogens (tertiary/aromatic N) is 1. The van der Waals surface area contributed by atoms with E-state index in [0.29, 0.717) is 19.6 Å². The molecule has 0 atom stereocenters. The highest BCUT2D eigenvalue weighted by atomic mass is 32.2. The highest BCUT2D eigenvalue weighted by Gasteiger charge is 2.24. The zero-order valence-electron chi connectivity index (χ0n) is 9.61. The van der Waals surface area contributed by atoms with Gasteiger partial charge in [-0.2, -0.15) is 12.7 Å². The molecule has 2 N–H and O–H groups in total. The predicted octanol–water partition coefficient (Wildman–Crippen LogP) is -0.0838. The Morgan fingerprint density at radius 1 is 1.25 bits per heavy atom. The van der Waals surface area contributed by atoms with Crippen LogP contribution in [0, 0.1) is 5.92 Å². The van der Waals surface area contributed by atoms with Gasteiger partial charge in [0.1, 0.15) is 0 Å². The summed E-state index contributed by atoms with van der Waals surface area (Å²) < 4.78 is 27.9. The number of nitrogens with one attached hydrogen (secondary N) is 2. The molecule has 94 valence electrons. The van der Waals surface area contributed by atoms with E-state index in [4.69, 9.17) is 0 Å². The summed E-state index contributed by atoms with van der Waals surface area (Å²) in [6.45, 7) is 3.25. The summed E-state index contributed by atoms with van der Waals surface area (Å²) >= 11 is 0. The Bertz CT molecular complexity index is 308. The van der Waals surface area contributed by atoms with Gasteiger partial charge in [0.2, 0.25) is 0 Å². The fourth-order valence-corrected chi connectivity index (χ4v) is 3.22. The number of hydrogen-bond acceptors (Lipinski definition) is 3. The Morgan fingerprint density at radius 3 is 2.56 bits per heavy atom. The molecule has 2 fully saturated rings. The summed E-state index contributed by atoms with van der Waals surface area (Å²) in [5, 5.41) is 3.14. The first kappa shape index (κ1) is 12.3. The first-order valence-electron chi connectivity index (χ1n) is 6.14. The molecule has 2 rings (SSSR count). The lowest BCUT2D eigenvalue weighted by molar-refractivity contribution is 0.354. The number of hydrogen-bond donors (Lipinski definition) is 2. The topological polar surface area (TPSA) is 61.4 Å². The molecule has 0 aromatic rings. The molecule has 5 nitrogen and oxygen atoms in total. The molecule has 1 aliphatic heterocycles. The second-order valence-electron chi connectivity index (χ2n) is 4.63. The van der Waals surface area contributed by atoms with Crippen LogP contribution in [0.15, 0.2) is 0 Å². The van der Waals surface area contributed by atoms with E-state index in [1.807, 2.05) is 0 Å². The SMILES string of the molecule is O=S(=O)(NCCCC1CC1)N1CCNCC1. The number of rotatable bonds is 6. The molecule has 0 unspecified atom stereocenters. The van der Waals surface area contributed by atoms with Crippen molar-refractivity contribution in [1.29, 1.82) is 0 Å². The van der Waals surface area contributed by atoms with E-state index in [1.165, 1.54) is 23.6 Å². The van der Waals surface area contributed by atoms with Crippen molar-refractivity contribution < 1.29 is 8.42 Å². The quantitative estimate of drug-likeness (QED) is 0.645. The zero-order chi connectivity index (χ0) is 11.4. The van der Waals surface area contributed by atoms with E-state index in [0.717, 1.165) is 25.4 Å². The Kier molecular flexibility index (Phi) is 4.18. The summed E-state index contributed by atoms with van der Waals surface area (Å²) in [5.74, 6) is 0.878. The van der Waals surface area contributed by atoms with E-state index in [-0.39, 0.29) is 0 Å². The minimum absolute atomic E-state index is 0.581. The number of piperazine rings is 1. The van der Waals surface area contributed by atoms with Crippen LogP contribution >= 0.6 is 0 Å². The van der Waals surface area contributed by atoms with E-state index in [1.54, 1.807) is 0 Å². The van der Waals surface area contributed by atoms with Crippen LogP contribution in [0.2, 0.25) is 0 Å². The molecule has 0 amide bonds. The van der Waals surface area contributed by atoms with Crippen molar-refractivity contribution in [2.45, 2.75) is 25.7 Å². The van der Waals surface area contributed by atoms with Crippen molar-refractivity contribution in [3.8, 4) is 0 Å². The Labute approximate surface area is 97.8 Å². The van der Waals surface area contributed by atoms with Crippen LogP contribution in [-0.2, 0) is 10.2 Å². The van der Waals surface area contributed by atoms with Gasteiger partial charge in [0.25, 0.3) is 10.2 Å². The standard InChI is InChI=1S/C10H21N3O2S/c14-16(15,13-8-6-11-7-9-13)12-5-1-2-10-3-4-10/h10-12H,1-9H2. The molecule has 0 radical (unpaired) electrons. The van der Waals surface area contributed by atoms with Gasteiger partial charge in [-0.25, -0.2) is 4.72 Å². The predicted molar refractivity (Wildman–Crippen MR) is 63.3 cm³/mol. The van der Waals surface area contributed by atoms with Gasteiger partial charge in [0.15, 0.2) is 0 Å². The zero-order valence-corrected chi connectivity index (χ0v) is 10.4. The van der Waals surface area contributed by atoms with E-state index in [9.17, 15) is 8.42 Å². The van der Waals surface area contributed by atoms with Gasteiger partial charge in [-0.15, -0.1) is 0 Å². The molecule has 16 heavy (non-hydrogen) atoms. The average molecular weight is 247 g/mol. The van der Waals surface area contributed by atoms with Crippen LogP contribution in [0.1, 0.15) is 25.7 Å². The molecule has 0 aromatic carbocycles. The van der Waals surface area contributed by atoms with Crippen LogP contribution in [0.5, 0.6) is 0 Å². The van der Waals surface area contributed by atoms with Gasteiger partial charge in [-0.3, -0.25) is 0 Å². The molecule has 0 bridgehead atoms. The largest absolute Gasteiger partial charge is 0.314 e. The normalized spacial score (nSPS) is 23.5. The molecule has 1 saturated carbocycles. The molecule has 1 heterocycles. The van der Waals surface area contributed by atoms with Gasteiger partial charge in [0, 0.05) is 32.7 Å². The monoisotopic (exact) mass is 247 g/mol. The summed E-state index contributed by atoms with van der Waals surface area (Å²) in [7, 11) is -3.22. The molecule has 0 spiro atoms. The minimum Gasteiger partial charge on any atom is -0.314 e. The van der Waals surface area contributed by atoms with Crippen molar-refractivity contribution in [2.24, 2.45) is 5.92 Å². The lowest BCUT2D eigenvalue weighted by atomic mass is 10.2. The van der Waals surface area contributed by atoms with Gasteiger partial charge in [-0.05, 0) is 18.8 Å². The molecule has 2 aliphatic rings. The highest BCUT2D eigenvalue weighted by molar-refractivity contribution is 7.87. The molecule has 6 heteroatoms. The maximum Gasteiger partial charge on any atom is 0.279 e. The fraction of sp³-hybridized carbons (Fsp3) is 1.00. The van der Waals surface area contributed by atoms with Crippen molar-refractivity contribution in [2.75, 3.05) is 32.7 Å². The Hall–Kier alpha value is -0.170. The third-order valence-electron chi connectivity index (χ3n) is 3.19. The van der Waals surface area contributed by atoms with Crippen molar-refractivity contribution >= 4 is 10.2 Å². The van der Waals surface area contributed by atoms with Crippen molar-refractivity contribution in [3.63, 3.8) is 0 Å². The van der Waals surface area contributed by atoms with Crippen molar-refractivity contribution in [1.82, 2.24) is 14.3 Å². The molecular weight excluding hydrogens is 226 g/mol. The lowest BCUT2D eigenvalue weighted by Crippen LogP contribution is -2.50. The maximum atomic E-state index is 11.8. The smallest absolute Gasteiger partial charge is 0.279 e. The minimum atomic E-state index is -3.22. The van der Waals surface area contributed by atoms with Gasteiger partial charge < -0.3 is 5.32 Å². The van der Waals surface area contributed by atoms with Crippen LogP contribution in [-0.4, -0.2) is 45.4 Å².